The van der Waals surface area contributed by atoms with E-state index in [1.54, 1.807) is 30.3 Å². The molecule has 3 rings (SSSR count). The molecule has 2 amide bonds. The zero-order valence-electron chi connectivity index (χ0n) is 14.2. The second-order valence-electron chi connectivity index (χ2n) is 5.42. The van der Waals surface area contributed by atoms with E-state index in [9.17, 15) is 9.59 Å². The third kappa shape index (κ3) is 3.56. The fraction of sp³-hybridized carbons (Fsp3) is 0.111. The van der Waals surface area contributed by atoms with E-state index in [1.807, 2.05) is 0 Å². The Kier molecular flexibility index (Phi) is 5.51. The molecule has 0 spiro atoms. The van der Waals surface area contributed by atoms with E-state index < -0.39 is 11.8 Å². The summed E-state index contributed by atoms with van der Waals surface area (Å²) in [6.45, 7) is 0. The Morgan fingerprint density at radius 3 is 2.07 bits per heavy atom. The zero-order valence-corrected chi connectivity index (χ0v) is 16.4. The molecule has 0 aromatic heterocycles. The second-order valence-corrected chi connectivity index (χ2v) is 6.67. The molecule has 0 saturated carbocycles. The van der Waals surface area contributed by atoms with E-state index >= 15 is 0 Å². The Hall–Kier alpha value is -2.41. The Bertz CT molecular complexity index is 975. The summed E-state index contributed by atoms with van der Waals surface area (Å²) >= 11 is 18.2. The lowest BCUT2D eigenvalue weighted by Crippen LogP contribution is -2.32. The fourth-order valence-electron chi connectivity index (χ4n) is 2.58. The van der Waals surface area contributed by atoms with Crippen LogP contribution in [-0.2, 0) is 9.59 Å². The van der Waals surface area contributed by atoms with Crippen molar-refractivity contribution in [3.8, 4) is 11.5 Å². The van der Waals surface area contributed by atoms with Crippen LogP contribution in [0.2, 0.25) is 10.0 Å². The number of imide groups is 1. The van der Waals surface area contributed by atoms with Gasteiger partial charge in [0.1, 0.15) is 22.2 Å². The van der Waals surface area contributed by atoms with Crippen molar-refractivity contribution < 1.29 is 19.1 Å². The highest BCUT2D eigenvalue weighted by Gasteiger charge is 2.40. The van der Waals surface area contributed by atoms with Crippen LogP contribution >= 0.6 is 34.8 Å². The van der Waals surface area contributed by atoms with Crippen LogP contribution in [-0.4, -0.2) is 26.0 Å². The lowest BCUT2D eigenvalue weighted by atomic mass is 10.2. The number of methoxy groups -OCH3 is 2. The van der Waals surface area contributed by atoms with Gasteiger partial charge in [-0.25, -0.2) is 4.90 Å². The Balaban J connectivity index is 2.01. The number of benzene rings is 2. The van der Waals surface area contributed by atoms with Crippen LogP contribution in [0.1, 0.15) is 0 Å². The van der Waals surface area contributed by atoms with E-state index in [1.165, 1.54) is 20.3 Å². The van der Waals surface area contributed by atoms with E-state index in [4.69, 9.17) is 44.3 Å². The first-order valence-electron chi connectivity index (χ1n) is 7.60. The molecular weight excluding hydrogens is 415 g/mol. The average molecular weight is 428 g/mol. The van der Waals surface area contributed by atoms with Crippen molar-refractivity contribution in [3.05, 3.63) is 57.2 Å². The molecule has 0 bridgehead atoms. The molecule has 0 atom stereocenters. The number of carbonyl (C=O) groups excluding carboxylic acids is 2. The monoisotopic (exact) mass is 426 g/mol. The SMILES string of the molecule is COc1ccc(Cl)cc1NC1=C(Cl)C(=O)N(c2cc(Cl)ccc2OC)C1=O. The number of ether oxygens (including phenoxy) is 2. The van der Waals surface area contributed by atoms with Gasteiger partial charge in [-0.3, -0.25) is 9.59 Å². The summed E-state index contributed by atoms with van der Waals surface area (Å²) in [6.07, 6.45) is 0. The maximum absolute atomic E-state index is 12.9. The van der Waals surface area contributed by atoms with Gasteiger partial charge in [-0.2, -0.15) is 0 Å². The molecule has 6 nitrogen and oxygen atoms in total. The number of hydrogen-bond acceptors (Lipinski definition) is 5. The molecule has 1 aliphatic heterocycles. The van der Waals surface area contributed by atoms with E-state index in [-0.39, 0.29) is 16.4 Å². The number of carbonyl (C=O) groups is 2. The van der Waals surface area contributed by atoms with Crippen molar-refractivity contribution in [2.24, 2.45) is 0 Å². The van der Waals surface area contributed by atoms with Crippen molar-refractivity contribution in [1.29, 1.82) is 0 Å². The molecule has 140 valence electrons. The lowest BCUT2D eigenvalue weighted by molar-refractivity contribution is -0.120. The summed E-state index contributed by atoms with van der Waals surface area (Å²) in [5, 5.41) is 3.31. The van der Waals surface area contributed by atoms with Gasteiger partial charge in [0.05, 0.1) is 25.6 Å². The summed E-state index contributed by atoms with van der Waals surface area (Å²) in [5.41, 5.74) is 0.469. The first-order valence-corrected chi connectivity index (χ1v) is 8.73. The predicted molar refractivity (Wildman–Crippen MR) is 105 cm³/mol. The minimum absolute atomic E-state index is 0.107. The molecule has 9 heteroatoms. The molecule has 2 aromatic carbocycles. The quantitative estimate of drug-likeness (QED) is 0.714. The van der Waals surface area contributed by atoms with Gasteiger partial charge in [0.25, 0.3) is 11.8 Å². The smallest absolute Gasteiger partial charge is 0.283 e. The first-order chi connectivity index (χ1) is 12.9. The van der Waals surface area contributed by atoms with E-state index in [0.717, 1.165) is 4.90 Å². The number of hydrogen-bond donors (Lipinski definition) is 1. The number of halogens is 3. The fourth-order valence-corrected chi connectivity index (χ4v) is 3.13. The Morgan fingerprint density at radius 2 is 1.44 bits per heavy atom. The average Bonchev–Trinajstić information content (AvgIpc) is 2.85. The van der Waals surface area contributed by atoms with Crippen molar-refractivity contribution in [2.75, 3.05) is 24.4 Å². The molecule has 0 unspecified atom stereocenters. The number of anilines is 2. The number of nitrogens with one attached hydrogen (secondary N) is 1. The molecule has 27 heavy (non-hydrogen) atoms. The molecule has 0 radical (unpaired) electrons. The van der Waals surface area contributed by atoms with Crippen LogP contribution < -0.4 is 19.7 Å². The standard InChI is InChI=1S/C18H13Cl3N2O4/c1-26-13-5-3-9(19)7-11(13)22-16-15(21)17(24)23(18(16)25)12-8-10(20)4-6-14(12)27-2/h3-8,22H,1-2H3. The Morgan fingerprint density at radius 1 is 0.852 bits per heavy atom. The third-order valence-electron chi connectivity index (χ3n) is 3.83. The summed E-state index contributed by atoms with van der Waals surface area (Å²) in [4.78, 5) is 26.5. The highest BCUT2D eigenvalue weighted by Crippen LogP contribution is 2.38. The molecule has 2 aromatic rings. The van der Waals surface area contributed by atoms with Crippen molar-refractivity contribution in [1.82, 2.24) is 0 Å². The van der Waals surface area contributed by atoms with Crippen molar-refractivity contribution in [3.63, 3.8) is 0 Å². The Labute approximate surface area is 170 Å². The van der Waals surface area contributed by atoms with Gasteiger partial charge in [0, 0.05) is 10.0 Å². The molecule has 0 saturated heterocycles. The topological polar surface area (TPSA) is 67.9 Å². The molecule has 0 aliphatic carbocycles. The normalized spacial score (nSPS) is 14.0. The highest BCUT2D eigenvalue weighted by atomic mass is 35.5. The predicted octanol–water partition coefficient (Wildman–Crippen LogP) is 4.45. The minimum atomic E-state index is -0.703. The van der Waals surface area contributed by atoms with Crippen LogP contribution in [0.15, 0.2) is 47.1 Å². The van der Waals surface area contributed by atoms with Gasteiger partial charge in [-0.15, -0.1) is 0 Å². The molecule has 0 fully saturated rings. The van der Waals surface area contributed by atoms with Crippen LogP contribution in [0, 0.1) is 0 Å². The van der Waals surface area contributed by atoms with Gasteiger partial charge < -0.3 is 14.8 Å². The van der Waals surface area contributed by atoms with E-state index in [2.05, 4.69) is 5.32 Å². The maximum atomic E-state index is 12.9. The molecular formula is C18H13Cl3N2O4. The molecule has 1 aliphatic rings. The third-order valence-corrected chi connectivity index (χ3v) is 4.65. The largest absolute Gasteiger partial charge is 0.495 e. The van der Waals surface area contributed by atoms with E-state index in [0.29, 0.717) is 27.2 Å². The first kappa shape index (κ1) is 19.4. The summed E-state index contributed by atoms with van der Waals surface area (Å²) in [6, 6.07) is 9.39. The molecule has 1 heterocycles. The second kappa shape index (κ2) is 7.68. The molecule has 1 N–H and O–H groups in total. The number of rotatable bonds is 5. The zero-order chi connectivity index (χ0) is 19.7. The summed E-state index contributed by atoms with van der Waals surface area (Å²) < 4.78 is 10.5. The summed E-state index contributed by atoms with van der Waals surface area (Å²) in [7, 11) is 2.89. The van der Waals surface area contributed by atoms with Gasteiger partial charge in [0.2, 0.25) is 0 Å². The highest BCUT2D eigenvalue weighted by molar-refractivity contribution is 6.53. The van der Waals surface area contributed by atoms with Gasteiger partial charge in [-0.1, -0.05) is 34.8 Å². The van der Waals surface area contributed by atoms with Crippen LogP contribution in [0.4, 0.5) is 11.4 Å². The van der Waals surface area contributed by atoms with Crippen LogP contribution in [0.3, 0.4) is 0 Å². The van der Waals surface area contributed by atoms with Gasteiger partial charge in [-0.05, 0) is 36.4 Å². The van der Waals surface area contributed by atoms with Crippen LogP contribution in [0.25, 0.3) is 0 Å². The van der Waals surface area contributed by atoms with Crippen LogP contribution in [0.5, 0.6) is 11.5 Å². The van der Waals surface area contributed by atoms with Gasteiger partial charge >= 0.3 is 0 Å². The minimum Gasteiger partial charge on any atom is -0.495 e. The summed E-state index contributed by atoms with van der Waals surface area (Å²) in [5.74, 6) is -0.638. The number of nitrogens with zero attached hydrogens (tertiary/aromatic N) is 1. The lowest BCUT2D eigenvalue weighted by Gasteiger charge is -2.18. The number of amides is 2. The maximum Gasteiger partial charge on any atom is 0.283 e. The van der Waals surface area contributed by atoms with Gasteiger partial charge in [0.15, 0.2) is 0 Å². The van der Waals surface area contributed by atoms with Crippen molar-refractivity contribution >= 4 is 58.0 Å². The van der Waals surface area contributed by atoms with Crippen molar-refractivity contribution in [2.45, 2.75) is 0 Å².